The molecular formula is C33H59F10N2O13+. The minimum absolute atomic E-state index is 0. The molecule has 0 aromatic heterocycles. The van der Waals surface area contributed by atoms with Gasteiger partial charge >= 0.3 is 49.1 Å². The largest absolute Gasteiger partial charge is 0.496 e. The highest BCUT2D eigenvalue weighted by Crippen LogP contribution is 2.45. The number of amides is 1. The Morgan fingerprint density at radius 3 is 1.41 bits per heavy atom. The Balaban J connectivity index is -0.000000867. The number of rotatable bonds is 29. The Hall–Kier alpha value is -3.69. The van der Waals surface area contributed by atoms with Crippen molar-refractivity contribution < 1.29 is 111 Å². The lowest BCUT2D eigenvalue weighted by molar-refractivity contribution is -1.09. The Bertz CT molecular complexity index is 1180. The summed E-state index contributed by atoms with van der Waals surface area (Å²) >= 11 is 0. The van der Waals surface area contributed by atoms with Gasteiger partial charge in [0.2, 0.25) is 6.73 Å². The smallest absolute Gasteiger partial charge is 0.461 e. The molecule has 0 spiro atoms. The first kappa shape index (κ1) is 69.0. The fraction of sp³-hybridized carbons (Fsp3) is 0.667. The molecule has 58 heavy (non-hydrogen) atoms. The molecule has 0 rings (SSSR count). The van der Waals surface area contributed by atoms with Gasteiger partial charge in [-0.05, 0) is 27.0 Å². The number of esters is 2. The molecular weight excluding hydrogens is 822 g/mol. The Morgan fingerprint density at radius 1 is 0.672 bits per heavy atom. The van der Waals surface area contributed by atoms with Crippen molar-refractivity contribution in [1.29, 1.82) is 0 Å². The van der Waals surface area contributed by atoms with Crippen LogP contribution in [0, 0.1) is 0 Å². The van der Waals surface area contributed by atoms with Crippen LogP contribution in [0.5, 0.6) is 0 Å². The molecule has 0 aromatic carbocycles. The molecule has 15 nitrogen and oxygen atoms in total. The fourth-order valence-corrected chi connectivity index (χ4v) is 3.12. The standard InChI is InChI=1S/C27H35F10N2O13.6CH4/c1-7-20(40)43-13-11-38(12-14-44-21(41)8-2)22(42)24(30,31)50-27(36,37)51-25(32,33)26(34,35)52-39(17-45-23(28)29,18(5)15-48-46-9-3)19(6)16-49-47-10-4;;;;;;/h7-8,23H,1-2,5-6,9-17H2,3-4H3;6*1H4/q+1;;;;;;. The SMILES string of the molecule is C.C.C.C.C.C.C=CC(=O)OCCN(CCOC(=O)C=C)C(=O)C(F)(F)OC(F)(F)OC(F)(F)C(F)(F)O[N+](COC(F)F)(C(=C)COOCC)C(=C)COOCC. The maximum Gasteiger partial charge on any atom is 0.496 e. The van der Waals surface area contributed by atoms with E-state index in [0.717, 1.165) is 0 Å². The lowest BCUT2D eigenvalue weighted by Crippen LogP contribution is -2.60. The van der Waals surface area contributed by atoms with Crippen molar-refractivity contribution in [3.8, 4) is 0 Å². The average molecular weight is 882 g/mol. The lowest BCUT2D eigenvalue weighted by Gasteiger charge is -2.39. The summed E-state index contributed by atoms with van der Waals surface area (Å²) in [4.78, 5) is 56.8. The van der Waals surface area contributed by atoms with E-state index in [-0.39, 0.29) is 62.7 Å². The van der Waals surface area contributed by atoms with E-state index in [4.69, 9.17) is 0 Å². The molecule has 0 atom stereocenters. The van der Waals surface area contributed by atoms with Gasteiger partial charge < -0.3 is 14.4 Å². The molecule has 0 aromatic rings. The lowest BCUT2D eigenvalue weighted by atomic mass is 10.3. The number of carbonyl (C=O) groups is 3. The zero-order valence-electron chi connectivity index (χ0n) is 27.4. The summed E-state index contributed by atoms with van der Waals surface area (Å²) in [6.45, 7) is 2.74. The maximum absolute atomic E-state index is 15.1. The first-order valence-electron chi connectivity index (χ1n) is 14.1. The van der Waals surface area contributed by atoms with Crippen LogP contribution in [0.1, 0.15) is 58.4 Å². The van der Waals surface area contributed by atoms with Crippen LogP contribution in [0.25, 0.3) is 0 Å². The molecule has 0 saturated heterocycles. The van der Waals surface area contributed by atoms with Gasteiger partial charge in [-0.25, -0.2) is 38.6 Å². The summed E-state index contributed by atoms with van der Waals surface area (Å²) in [6.07, 6.45) is -24.4. The van der Waals surface area contributed by atoms with Gasteiger partial charge in [-0.2, -0.15) is 35.1 Å². The third-order valence-corrected chi connectivity index (χ3v) is 5.44. The molecule has 0 fully saturated rings. The van der Waals surface area contributed by atoms with Crippen LogP contribution in [0.3, 0.4) is 0 Å². The second-order valence-corrected chi connectivity index (χ2v) is 9.11. The summed E-state index contributed by atoms with van der Waals surface area (Å²) in [7, 11) is 0. The quantitative estimate of drug-likeness (QED) is 0.0104. The molecule has 0 N–H and O–H groups in total. The number of hydrogen-bond acceptors (Lipinski definition) is 13. The van der Waals surface area contributed by atoms with Crippen molar-refractivity contribution in [1.82, 2.24) is 4.90 Å². The number of hydroxylamine groups is 3. The van der Waals surface area contributed by atoms with Crippen molar-refractivity contribution in [2.24, 2.45) is 0 Å². The van der Waals surface area contributed by atoms with Crippen molar-refractivity contribution >= 4 is 17.8 Å². The topological polar surface area (TPSA) is 147 Å². The molecule has 0 bridgehead atoms. The van der Waals surface area contributed by atoms with Gasteiger partial charge in [0.1, 0.15) is 13.2 Å². The zero-order chi connectivity index (χ0) is 40.4. The number of hydrogen-bond donors (Lipinski definition) is 0. The van der Waals surface area contributed by atoms with Gasteiger partial charge in [-0.3, -0.25) is 9.53 Å². The van der Waals surface area contributed by atoms with Crippen LogP contribution >= 0.6 is 0 Å². The predicted octanol–water partition coefficient (Wildman–Crippen LogP) is 8.36. The van der Waals surface area contributed by atoms with E-state index in [2.05, 4.69) is 74.4 Å². The van der Waals surface area contributed by atoms with E-state index in [1.807, 2.05) is 0 Å². The summed E-state index contributed by atoms with van der Waals surface area (Å²) in [5.74, 6) is -5.07. The van der Waals surface area contributed by atoms with Crippen LogP contribution in [-0.2, 0) is 62.5 Å². The van der Waals surface area contributed by atoms with Gasteiger partial charge in [0.05, 0.1) is 26.3 Å². The van der Waals surface area contributed by atoms with Crippen LogP contribution in [0.4, 0.5) is 43.9 Å². The molecule has 0 aliphatic heterocycles. The highest BCUT2D eigenvalue weighted by Gasteiger charge is 2.71. The molecule has 0 heterocycles. The molecule has 0 aliphatic carbocycles. The van der Waals surface area contributed by atoms with Crippen LogP contribution < -0.4 is 0 Å². The summed E-state index contributed by atoms with van der Waals surface area (Å²) in [5, 5.41) is 0. The van der Waals surface area contributed by atoms with E-state index in [9.17, 15) is 49.5 Å². The average Bonchev–Trinajstić information content (AvgIpc) is 3.04. The number of quaternary nitrogens is 1. The number of nitrogens with zero attached hydrogens (tertiary/aromatic N) is 2. The van der Waals surface area contributed by atoms with Crippen LogP contribution in [0.2, 0.25) is 0 Å². The molecule has 0 aliphatic rings. The summed E-state index contributed by atoms with van der Waals surface area (Å²) < 4.78 is 160. The Kier molecular flexibility index (Phi) is 37.2. The number of alkyl halides is 10. The first-order valence-corrected chi connectivity index (χ1v) is 14.1. The molecule has 1 amide bonds. The Labute approximate surface area is 333 Å². The number of halogens is 10. The molecule has 0 unspecified atom stereocenters. The van der Waals surface area contributed by atoms with Crippen molar-refractivity contribution in [3.05, 3.63) is 49.9 Å². The highest BCUT2D eigenvalue weighted by molar-refractivity contribution is 5.83. The summed E-state index contributed by atoms with van der Waals surface area (Å²) in [5.41, 5.74) is -2.13. The first-order chi connectivity index (χ1) is 24.0. The molecule has 348 valence electrons. The fourth-order valence-electron chi connectivity index (χ4n) is 3.12. The molecule has 0 saturated carbocycles. The minimum atomic E-state index is -6.75. The van der Waals surface area contributed by atoms with Crippen LogP contribution in [0.15, 0.2) is 49.9 Å². The third kappa shape index (κ3) is 23.0. The van der Waals surface area contributed by atoms with Gasteiger partial charge in [0.15, 0.2) is 24.6 Å². The van der Waals surface area contributed by atoms with E-state index >= 15 is 8.78 Å². The van der Waals surface area contributed by atoms with Gasteiger partial charge in [0.25, 0.3) is 0 Å². The maximum atomic E-state index is 15.1. The predicted molar refractivity (Wildman–Crippen MR) is 188 cm³/mol. The Morgan fingerprint density at radius 2 is 1.07 bits per heavy atom. The van der Waals surface area contributed by atoms with Gasteiger partial charge in [-0.15, -0.1) is 13.6 Å². The van der Waals surface area contributed by atoms with E-state index < -0.39 is 111 Å². The van der Waals surface area contributed by atoms with E-state index in [1.165, 1.54) is 13.8 Å². The number of carbonyl (C=O) groups excluding carboxylic acids is 3. The summed E-state index contributed by atoms with van der Waals surface area (Å²) in [6, 6.07) is 0. The van der Waals surface area contributed by atoms with Crippen molar-refractivity contribution in [2.75, 3.05) is 59.5 Å². The number of ether oxygens (including phenoxy) is 5. The van der Waals surface area contributed by atoms with Gasteiger partial charge in [-0.1, -0.05) is 62.4 Å². The molecule has 0 radical (unpaired) electrons. The highest BCUT2D eigenvalue weighted by atomic mass is 19.3. The zero-order valence-corrected chi connectivity index (χ0v) is 27.4. The van der Waals surface area contributed by atoms with E-state index in [0.29, 0.717) is 12.2 Å². The second kappa shape index (κ2) is 31.3. The minimum Gasteiger partial charge on any atom is -0.461 e. The van der Waals surface area contributed by atoms with Gasteiger partial charge in [0, 0.05) is 12.2 Å². The van der Waals surface area contributed by atoms with Crippen molar-refractivity contribution in [3.63, 3.8) is 0 Å². The van der Waals surface area contributed by atoms with Crippen LogP contribution in [-0.4, -0.2) is 118 Å². The normalized spacial score (nSPS) is 11.4. The van der Waals surface area contributed by atoms with Crippen molar-refractivity contribution in [2.45, 2.75) is 89.6 Å². The van der Waals surface area contributed by atoms with E-state index in [1.54, 1.807) is 0 Å². The monoisotopic (exact) mass is 881 g/mol. The second-order valence-electron chi connectivity index (χ2n) is 9.11. The molecule has 25 heteroatoms. The third-order valence-electron chi connectivity index (χ3n) is 5.44.